The first kappa shape index (κ1) is 14.7. The number of nitrogens with one attached hydrogen (secondary N) is 1. The van der Waals surface area contributed by atoms with Crippen molar-refractivity contribution in [2.24, 2.45) is 0 Å². The Morgan fingerprint density at radius 3 is 2.55 bits per heavy atom. The predicted molar refractivity (Wildman–Crippen MR) is 78.0 cm³/mol. The lowest BCUT2D eigenvalue weighted by Gasteiger charge is -2.05. The number of rotatable bonds is 7. The van der Waals surface area contributed by atoms with Gasteiger partial charge in [0.15, 0.2) is 5.82 Å². The van der Waals surface area contributed by atoms with Gasteiger partial charge in [0.2, 0.25) is 0 Å². The fourth-order valence-corrected chi connectivity index (χ4v) is 2.26. The summed E-state index contributed by atoms with van der Waals surface area (Å²) in [6.07, 6.45) is 3.09. The molecular weight excluding hydrogens is 277 g/mol. The summed E-state index contributed by atoms with van der Waals surface area (Å²) in [4.78, 5) is 7.82. The summed E-state index contributed by atoms with van der Waals surface area (Å²) in [6, 6.07) is 7.92. The Balaban J connectivity index is 1.64. The van der Waals surface area contributed by atoms with Crippen LogP contribution in [0.25, 0.3) is 0 Å². The maximum absolute atomic E-state index is 12.6. The predicted octanol–water partition coefficient (Wildman–Crippen LogP) is 2.60. The van der Waals surface area contributed by atoms with E-state index < -0.39 is 5.82 Å². The molecule has 0 aliphatic heterocycles. The van der Waals surface area contributed by atoms with E-state index in [4.69, 9.17) is 4.74 Å². The van der Waals surface area contributed by atoms with Crippen molar-refractivity contribution in [1.82, 2.24) is 14.7 Å². The maximum Gasteiger partial charge on any atom is 0.159 e. The average molecular weight is 293 g/mol. The van der Waals surface area contributed by atoms with E-state index in [2.05, 4.69) is 14.7 Å². The van der Waals surface area contributed by atoms with Gasteiger partial charge in [-0.2, -0.15) is 0 Å². The van der Waals surface area contributed by atoms with Crippen LogP contribution in [0.1, 0.15) is 11.4 Å². The van der Waals surface area contributed by atoms with Gasteiger partial charge in [0.25, 0.3) is 0 Å². The van der Waals surface area contributed by atoms with E-state index in [1.165, 1.54) is 18.0 Å². The number of aromatic nitrogens is 2. The molecule has 0 fully saturated rings. The van der Waals surface area contributed by atoms with Gasteiger partial charge >= 0.3 is 0 Å². The third-order valence-electron chi connectivity index (χ3n) is 2.64. The standard InChI is InChI=1S/C14H16FN3OS/c1-19-13-4-2-11(3-5-13)8-18-20-7-6-14-16-9-12(15)10-17-14/h2-5,9-10,18H,6-8H2,1H3. The van der Waals surface area contributed by atoms with Crippen LogP contribution in [0.5, 0.6) is 5.75 Å². The van der Waals surface area contributed by atoms with E-state index in [0.717, 1.165) is 18.0 Å². The third-order valence-corrected chi connectivity index (χ3v) is 3.40. The summed E-state index contributed by atoms with van der Waals surface area (Å²) in [5, 5.41) is 0. The quantitative estimate of drug-likeness (QED) is 0.628. The highest BCUT2D eigenvalue weighted by Gasteiger charge is 1.98. The molecule has 0 atom stereocenters. The molecule has 20 heavy (non-hydrogen) atoms. The van der Waals surface area contributed by atoms with E-state index in [0.29, 0.717) is 12.2 Å². The Morgan fingerprint density at radius 2 is 1.90 bits per heavy atom. The molecule has 1 heterocycles. The highest BCUT2D eigenvalue weighted by Crippen LogP contribution is 2.11. The Bertz CT molecular complexity index is 519. The molecule has 0 bridgehead atoms. The lowest BCUT2D eigenvalue weighted by Crippen LogP contribution is -2.06. The van der Waals surface area contributed by atoms with E-state index in [9.17, 15) is 4.39 Å². The zero-order valence-electron chi connectivity index (χ0n) is 11.2. The summed E-state index contributed by atoms with van der Waals surface area (Å²) in [7, 11) is 1.65. The van der Waals surface area contributed by atoms with Crippen LogP contribution >= 0.6 is 11.9 Å². The van der Waals surface area contributed by atoms with Crippen molar-refractivity contribution in [3.8, 4) is 5.75 Å². The summed E-state index contributed by atoms with van der Waals surface area (Å²) in [6.45, 7) is 0.777. The number of hydrogen-bond donors (Lipinski definition) is 1. The van der Waals surface area contributed by atoms with Crippen molar-refractivity contribution >= 4 is 11.9 Å². The van der Waals surface area contributed by atoms with Crippen LogP contribution in [0.3, 0.4) is 0 Å². The fraction of sp³-hybridized carbons (Fsp3) is 0.286. The second-order valence-corrected chi connectivity index (χ2v) is 5.07. The van der Waals surface area contributed by atoms with Gasteiger partial charge < -0.3 is 4.74 Å². The van der Waals surface area contributed by atoms with E-state index >= 15 is 0 Å². The lowest BCUT2D eigenvalue weighted by atomic mass is 10.2. The molecule has 1 aromatic carbocycles. The van der Waals surface area contributed by atoms with Crippen molar-refractivity contribution in [3.05, 3.63) is 53.9 Å². The average Bonchev–Trinajstić information content (AvgIpc) is 2.49. The lowest BCUT2D eigenvalue weighted by molar-refractivity contribution is 0.414. The molecule has 6 heteroatoms. The minimum Gasteiger partial charge on any atom is -0.497 e. The van der Waals surface area contributed by atoms with Crippen LogP contribution in [0.15, 0.2) is 36.7 Å². The molecule has 0 aliphatic rings. The molecule has 106 valence electrons. The van der Waals surface area contributed by atoms with Crippen LogP contribution in [0, 0.1) is 5.82 Å². The fourth-order valence-electron chi connectivity index (χ4n) is 1.56. The first-order valence-corrected chi connectivity index (χ1v) is 7.20. The largest absolute Gasteiger partial charge is 0.497 e. The first-order chi connectivity index (χ1) is 9.78. The highest BCUT2D eigenvalue weighted by molar-refractivity contribution is 7.97. The number of hydrogen-bond acceptors (Lipinski definition) is 5. The minimum atomic E-state index is -0.404. The van der Waals surface area contributed by atoms with Crippen LogP contribution in [0.4, 0.5) is 4.39 Å². The van der Waals surface area contributed by atoms with E-state index in [1.54, 1.807) is 19.1 Å². The molecule has 0 saturated carbocycles. The number of aryl methyl sites for hydroxylation is 1. The van der Waals surface area contributed by atoms with Crippen molar-refractivity contribution in [2.75, 3.05) is 12.9 Å². The molecule has 0 spiro atoms. The van der Waals surface area contributed by atoms with E-state index in [-0.39, 0.29) is 0 Å². The Labute approximate surface area is 121 Å². The zero-order chi connectivity index (χ0) is 14.2. The number of nitrogens with zero attached hydrogens (tertiary/aromatic N) is 2. The topological polar surface area (TPSA) is 47.0 Å². The second-order valence-electron chi connectivity index (χ2n) is 4.09. The van der Waals surface area contributed by atoms with Crippen molar-refractivity contribution < 1.29 is 9.13 Å². The zero-order valence-corrected chi connectivity index (χ0v) is 12.0. The molecule has 1 N–H and O–H groups in total. The molecule has 0 amide bonds. The minimum absolute atomic E-state index is 0.404. The molecule has 0 aliphatic carbocycles. The second kappa shape index (κ2) is 7.81. The molecule has 0 radical (unpaired) electrons. The third kappa shape index (κ3) is 4.79. The Morgan fingerprint density at radius 1 is 1.20 bits per heavy atom. The Kier molecular flexibility index (Phi) is 5.76. The number of benzene rings is 1. The summed E-state index contributed by atoms with van der Waals surface area (Å²) >= 11 is 1.60. The summed E-state index contributed by atoms with van der Waals surface area (Å²) < 4.78 is 21.0. The number of halogens is 1. The van der Waals surface area contributed by atoms with Crippen LogP contribution in [-0.4, -0.2) is 22.8 Å². The molecule has 1 aromatic heterocycles. The van der Waals surface area contributed by atoms with Gasteiger partial charge in [0.1, 0.15) is 11.6 Å². The van der Waals surface area contributed by atoms with Crippen molar-refractivity contribution in [2.45, 2.75) is 13.0 Å². The first-order valence-electron chi connectivity index (χ1n) is 6.22. The normalized spacial score (nSPS) is 10.5. The smallest absolute Gasteiger partial charge is 0.159 e. The number of methoxy groups -OCH3 is 1. The van der Waals surface area contributed by atoms with Gasteiger partial charge in [-0.1, -0.05) is 24.1 Å². The molecule has 0 saturated heterocycles. The summed E-state index contributed by atoms with van der Waals surface area (Å²) in [5.74, 6) is 1.95. The van der Waals surface area contributed by atoms with Crippen molar-refractivity contribution in [3.63, 3.8) is 0 Å². The molecule has 0 unspecified atom stereocenters. The highest BCUT2D eigenvalue weighted by atomic mass is 32.2. The molecule has 2 aromatic rings. The molecule has 4 nitrogen and oxygen atoms in total. The van der Waals surface area contributed by atoms with Crippen LogP contribution < -0.4 is 9.46 Å². The number of ether oxygens (including phenoxy) is 1. The van der Waals surface area contributed by atoms with E-state index in [1.807, 2.05) is 24.3 Å². The van der Waals surface area contributed by atoms with Gasteiger partial charge in [0.05, 0.1) is 19.5 Å². The summed E-state index contributed by atoms with van der Waals surface area (Å²) in [5.41, 5.74) is 1.19. The molecule has 2 rings (SSSR count). The van der Waals surface area contributed by atoms with Crippen LogP contribution in [0.2, 0.25) is 0 Å². The van der Waals surface area contributed by atoms with Gasteiger partial charge in [-0.15, -0.1) is 0 Å². The Hall–Kier alpha value is -1.66. The van der Waals surface area contributed by atoms with Crippen molar-refractivity contribution in [1.29, 1.82) is 0 Å². The SMILES string of the molecule is COc1ccc(CNSCCc2ncc(F)cn2)cc1. The monoisotopic (exact) mass is 293 g/mol. The van der Waals surface area contributed by atoms with Gasteiger partial charge in [-0.3, -0.25) is 4.72 Å². The van der Waals surface area contributed by atoms with Crippen LogP contribution in [-0.2, 0) is 13.0 Å². The molecular formula is C14H16FN3OS. The maximum atomic E-state index is 12.6. The van der Waals surface area contributed by atoms with Gasteiger partial charge in [-0.25, -0.2) is 14.4 Å². The van der Waals surface area contributed by atoms with Gasteiger partial charge in [-0.05, 0) is 17.7 Å². The van der Waals surface area contributed by atoms with Gasteiger partial charge in [0, 0.05) is 18.7 Å².